The molecule has 0 saturated carbocycles. The van der Waals surface area contributed by atoms with Crippen LogP contribution in [0.25, 0.3) is 10.9 Å². The SMILES string of the molecule is CC(n1cnc2cc(Br)ccc2c1=O)C(O)(Cn1cncn1)c1ccc(F)cc1F. The lowest BCUT2D eigenvalue weighted by Gasteiger charge is -2.35. The van der Waals surface area contributed by atoms with Gasteiger partial charge in [-0.2, -0.15) is 5.10 Å². The maximum absolute atomic E-state index is 14.7. The van der Waals surface area contributed by atoms with Crippen molar-refractivity contribution in [1.29, 1.82) is 0 Å². The van der Waals surface area contributed by atoms with Gasteiger partial charge in [0.25, 0.3) is 5.56 Å². The Kier molecular flexibility index (Phi) is 5.20. The molecule has 0 saturated heterocycles. The van der Waals surface area contributed by atoms with E-state index in [0.717, 1.165) is 16.6 Å². The molecule has 2 heterocycles. The fraction of sp³-hybridized carbons (Fsp3) is 0.200. The Morgan fingerprint density at radius 2 is 2.00 bits per heavy atom. The number of hydrogen-bond acceptors (Lipinski definition) is 5. The van der Waals surface area contributed by atoms with E-state index >= 15 is 0 Å². The van der Waals surface area contributed by atoms with E-state index in [1.165, 1.54) is 28.2 Å². The zero-order valence-electron chi connectivity index (χ0n) is 15.7. The minimum atomic E-state index is -1.96. The Balaban J connectivity index is 1.88. The van der Waals surface area contributed by atoms with Crippen molar-refractivity contribution in [3.05, 3.63) is 87.4 Å². The van der Waals surface area contributed by atoms with E-state index < -0.39 is 28.8 Å². The normalized spacial score (nSPS) is 14.6. The van der Waals surface area contributed by atoms with Crippen LogP contribution in [0, 0.1) is 11.6 Å². The number of halogens is 3. The van der Waals surface area contributed by atoms with E-state index in [-0.39, 0.29) is 12.1 Å². The Morgan fingerprint density at radius 1 is 1.20 bits per heavy atom. The van der Waals surface area contributed by atoms with Crippen molar-refractivity contribution in [3.63, 3.8) is 0 Å². The maximum atomic E-state index is 14.7. The summed E-state index contributed by atoms with van der Waals surface area (Å²) < 4.78 is 31.5. The van der Waals surface area contributed by atoms with Crippen molar-refractivity contribution >= 4 is 26.8 Å². The Bertz CT molecular complexity index is 1280. The average Bonchev–Trinajstić information content (AvgIpc) is 3.20. The van der Waals surface area contributed by atoms with Crippen LogP contribution >= 0.6 is 15.9 Å². The molecule has 4 aromatic rings. The van der Waals surface area contributed by atoms with Gasteiger partial charge in [0.05, 0.1) is 29.8 Å². The van der Waals surface area contributed by atoms with Crippen molar-refractivity contribution in [2.75, 3.05) is 0 Å². The zero-order chi connectivity index (χ0) is 21.5. The molecule has 2 aromatic heterocycles. The number of rotatable bonds is 5. The molecular weight excluding hydrogens is 460 g/mol. The molecule has 2 aromatic carbocycles. The number of aliphatic hydroxyl groups is 1. The van der Waals surface area contributed by atoms with Gasteiger partial charge in [-0.15, -0.1) is 0 Å². The van der Waals surface area contributed by atoms with Crippen molar-refractivity contribution < 1.29 is 13.9 Å². The van der Waals surface area contributed by atoms with Gasteiger partial charge in [-0.25, -0.2) is 23.4 Å². The second-order valence-electron chi connectivity index (χ2n) is 6.94. The third-order valence-corrected chi connectivity index (χ3v) is 5.61. The molecule has 0 spiro atoms. The molecule has 0 aliphatic heterocycles. The Hall–Kier alpha value is -2.98. The highest BCUT2D eigenvalue weighted by atomic mass is 79.9. The van der Waals surface area contributed by atoms with Crippen LogP contribution in [0.5, 0.6) is 0 Å². The molecule has 154 valence electrons. The van der Waals surface area contributed by atoms with Crippen LogP contribution in [0.4, 0.5) is 8.78 Å². The summed E-state index contributed by atoms with van der Waals surface area (Å²) in [6.45, 7) is 1.34. The molecule has 10 heteroatoms. The monoisotopic (exact) mass is 475 g/mol. The van der Waals surface area contributed by atoms with Crippen LogP contribution in [-0.2, 0) is 12.1 Å². The van der Waals surface area contributed by atoms with Crippen molar-refractivity contribution in [3.8, 4) is 0 Å². The van der Waals surface area contributed by atoms with E-state index in [0.29, 0.717) is 17.0 Å². The lowest BCUT2D eigenvalue weighted by molar-refractivity contribution is -0.0343. The van der Waals surface area contributed by atoms with E-state index in [2.05, 4.69) is 31.0 Å². The Labute approximate surface area is 177 Å². The van der Waals surface area contributed by atoms with Gasteiger partial charge in [-0.1, -0.05) is 22.0 Å². The summed E-state index contributed by atoms with van der Waals surface area (Å²) in [6.07, 6.45) is 3.93. The number of hydrogen-bond donors (Lipinski definition) is 1. The van der Waals surface area contributed by atoms with Crippen LogP contribution in [0.2, 0.25) is 0 Å². The molecule has 0 bridgehead atoms. The predicted molar refractivity (Wildman–Crippen MR) is 109 cm³/mol. The molecule has 0 radical (unpaired) electrons. The molecule has 0 aliphatic carbocycles. The smallest absolute Gasteiger partial charge is 0.261 e. The van der Waals surface area contributed by atoms with Crippen LogP contribution in [0.15, 0.2) is 64.6 Å². The minimum Gasteiger partial charge on any atom is -0.381 e. The van der Waals surface area contributed by atoms with E-state index in [1.807, 2.05) is 0 Å². The lowest BCUT2D eigenvalue weighted by atomic mass is 9.86. The van der Waals surface area contributed by atoms with Gasteiger partial charge in [0.2, 0.25) is 0 Å². The summed E-state index contributed by atoms with van der Waals surface area (Å²) in [7, 11) is 0. The van der Waals surface area contributed by atoms with Gasteiger partial charge in [-0.05, 0) is 31.2 Å². The molecule has 2 unspecified atom stereocenters. The average molecular weight is 476 g/mol. The predicted octanol–water partition coefficient (Wildman–Crippen LogP) is 3.18. The fourth-order valence-electron chi connectivity index (χ4n) is 3.46. The summed E-state index contributed by atoms with van der Waals surface area (Å²) in [5.74, 6) is -1.71. The topological polar surface area (TPSA) is 85.8 Å². The van der Waals surface area contributed by atoms with Crippen molar-refractivity contribution in [2.24, 2.45) is 0 Å². The summed E-state index contributed by atoms with van der Waals surface area (Å²) in [5, 5.41) is 16.0. The van der Waals surface area contributed by atoms with Crippen molar-refractivity contribution in [1.82, 2.24) is 24.3 Å². The standard InChI is InChI=1S/C20H16BrF2N5O2/c1-12(28-11-25-18-6-13(21)2-4-15(18)19(28)29)20(30,8-27-10-24-9-26-27)16-5-3-14(22)7-17(16)23/h2-7,9-12,30H,8H2,1H3. The van der Waals surface area contributed by atoms with Crippen LogP contribution < -0.4 is 5.56 Å². The molecule has 0 fully saturated rings. The number of benzene rings is 2. The quantitative estimate of drug-likeness (QED) is 0.479. The van der Waals surface area contributed by atoms with Gasteiger partial charge >= 0.3 is 0 Å². The second kappa shape index (κ2) is 7.69. The van der Waals surface area contributed by atoms with Gasteiger partial charge < -0.3 is 5.11 Å². The van der Waals surface area contributed by atoms with E-state index in [9.17, 15) is 18.7 Å². The second-order valence-corrected chi connectivity index (χ2v) is 7.85. The van der Waals surface area contributed by atoms with Crippen LogP contribution in [0.1, 0.15) is 18.5 Å². The summed E-state index contributed by atoms with van der Waals surface area (Å²) in [4.78, 5) is 21.2. The number of fused-ring (bicyclic) bond motifs is 1. The van der Waals surface area contributed by atoms with Crippen LogP contribution in [-0.4, -0.2) is 29.4 Å². The molecule has 1 N–H and O–H groups in total. The maximum Gasteiger partial charge on any atom is 0.261 e. The first-order chi connectivity index (χ1) is 14.3. The molecule has 30 heavy (non-hydrogen) atoms. The first-order valence-electron chi connectivity index (χ1n) is 8.96. The van der Waals surface area contributed by atoms with Gasteiger partial charge in [0.15, 0.2) is 0 Å². The number of nitrogens with zero attached hydrogens (tertiary/aromatic N) is 5. The third-order valence-electron chi connectivity index (χ3n) is 5.12. The molecule has 4 rings (SSSR count). The van der Waals surface area contributed by atoms with Gasteiger partial charge in [0.1, 0.15) is 29.9 Å². The molecule has 0 amide bonds. The summed E-state index contributed by atoms with van der Waals surface area (Å²) in [6, 6.07) is 6.95. The summed E-state index contributed by atoms with van der Waals surface area (Å²) >= 11 is 3.34. The molecule has 7 nitrogen and oxygen atoms in total. The summed E-state index contributed by atoms with van der Waals surface area (Å²) in [5.41, 5.74) is -2.06. The van der Waals surface area contributed by atoms with E-state index in [1.54, 1.807) is 25.1 Å². The molecule has 0 aliphatic rings. The zero-order valence-corrected chi connectivity index (χ0v) is 17.3. The fourth-order valence-corrected chi connectivity index (χ4v) is 3.81. The first kappa shape index (κ1) is 20.3. The van der Waals surface area contributed by atoms with Crippen LogP contribution in [0.3, 0.4) is 0 Å². The largest absolute Gasteiger partial charge is 0.381 e. The lowest BCUT2D eigenvalue weighted by Crippen LogP contribution is -2.43. The highest BCUT2D eigenvalue weighted by Crippen LogP contribution is 2.36. The highest BCUT2D eigenvalue weighted by Gasteiger charge is 2.41. The highest BCUT2D eigenvalue weighted by molar-refractivity contribution is 9.10. The van der Waals surface area contributed by atoms with Gasteiger partial charge in [-0.3, -0.25) is 9.36 Å². The first-order valence-corrected chi connectivity index (χ1v) is 9.75. The minimum absolute atomic E-state index is 0.172. The molecular formula is C20H16BrF2N5O2. The third kappa shape index (κ3) is 3.52. The number of aromatic nitrogens is 5. The van der Waals surface area contributed by atoms with Crippen molar-refractivity contribution in [2.45, 2.75) is 25.1 Å². The van der Waals surface area contributed by atoms with Gasteiger partial charge in [0, 0.05) is 16.1 Å². The van der Waals surface area contributed by atoms with E-state index in [4.69, 9.17) is 0 Å². The Morgan fingerprint density at radius 3 is 2.70 bits per heavy atom. The molecule has 2 atom stereocenters.